The lowest BCUT2D eigenvalue weighted by Crippen LogP contribution is -2.31. The van der Waals surface area contributed by atoms with Gasteiger partial charge >= 0.3 is 0 Å². The molecule has 0 atom stereocenters. The van der Waals surface area contributed by atoms with Gasteiger partial charge in [0.05, 0.1) is 18.8 Å². The summed E-state index contributed by atoms with van der Waals surface area (Å²) in [5.74, 6) is 0.834. The minimum atomic E-state index is -0.0446. The number of nitrogens with zero attached hydrogens (tertiary/aromatic N) is 4. The quantitative estimate of drug-likeness (QED) is 0.708. The molecule has 0 spiro atoms. The van der Waals surface area contributed by atoms with E-state index in [1.165, 1.54) is 0 Å². The highest BCUT2D eigenvalue weighted by Gasteiger charge is 2.12. The van der Waals surface area contributed by atoms with Crippen LogP contribution in [0.3, 0.4) is 0 Å². The minimum Gasteiger partial charge on any atom is -0.436 e. The zero-order chi connectivity index (χ0) is 16.2. The normalized spacial score (nSPS) is 11.1. The molecule has 7 nitrogen and oxygen atoms in total. The molecule has 120 valence electrons. The number of aliphatic hydroxyl groups is 2. The lowest BCUT2D eigenvalue weighted by atomic mass is 10.3. The highest BCUT2D eigenvalue weighted by molar-refractivity contribution is 6.31. The van der Waals surface area contributed by atoms with E-state index in [-0.39, 0.29) is 13.2 Å². The summed E-state index contributed by atoms with van der Waals surface area (Å²) in [4.78, 5) is 14.6. The second-order valence-electron chi connectivity index (χ2n) is 4.84. The summed E-state index contributed by atoms with van der Waals surface area (Å²) in [6, 6.07) is 5.22. The van der Waals surface area contributed by atoms with Crippen LogP contribution in [-0.4, -0.2) is 51.5 Å². The molecule has 0 saturated carbocycles. The van der Waals surface area contributed by atoms with E-state index in [0.717, 1.165) is 0 Å². The molecule has 23 heavy (non-hydrogen) atoms. The van der Waals surface area contributed by atoms with Crippen LogP contribution in [0.15, 0.2) is 35.0 Å². The van der Waals surface area contributed by atoms with Gasteiger partial charge in [-0.2, -0.15) is 0 Å². The van der Waals surface area contributed by atoms with Crippen molar-refractivity contribution < 1.29 is 14.6 Å². The predicted molar refractivity (Wildman–Crippen MR) is 86.4 cm³/mol. The molecule has 3 rings (SSSR count). The Hall–Kier alpha value is -2.22. The summed E-state index contributed by atoms with van der Waals surface area (Å²) < 4.78 is 5.66. The van der Waals surface area contributed by atoms with Crippen molar-refractivity contribution in [2.45, 2.75) is 0 Å². The third kappa shape index (κ3) is 3.42. The molecule has 0 aliphatic heterocycles. The molecule has 0 unspecified atom stereocenters. The Morgan fingerprint density at radius 1 is 1.09 bits per heavy atom. The molecule has 3 aromatic rings. The molecule has 2 heterocycles. The molecular formula is C15H15ClN4O3. The smallest absolute Gasteiger partial charge is 0.230 e. The molecule has 0 aliphatic rings. The van der Waals surface area contributed by atoms with Gasteiger partial charge in [0.25, 0.3) is 0 Å². The second kappa shape index (κ2) is 6.91. The fourth-order valence-electron chi connectivity index (χ4n) is 2.17. The van der Waals surface area contributed by atoms with Crippen LogP contribution >= 0.6 is 11.6 Å². The standard InChI is InChI=1S/C15H15ClN4O3/c16-11-1-2-13-12(7-11)19-14(23-13)10-8-17-15(18-9-10)20(3-5-21)4-6-22/h1-2,7-9,21-22H,3-6H2. The molecule has 0 radical (unpaired) electrons. The van der Waals surface area contributed by atoms with Gasteiger partial charge in [-0.25, -0.2) is 15.0 Å². The van der Waals surface area contributed by atoms with Crippen LogP contribution in [0.25, 0.3) is 22.6 Å². The van der Waals surface area contributed by atoms with Gasteiger partial charge in [-0.15, -0.1) is 0 Å². The number of benzene rings is 1. The maximum absolute atomic E-state index is 9.05. The fraction of sp³-hybridized carbons (Fsp3) is 0.267. The highest BCUT2D eigenvalue weighted by Crippen LogP contribution is 2.25. The summed E-state index contributed by atoms with van der Waals surface area (Å²) in [6.07, 6.45) is 3.19. The molecule has 0 bridgehead atoms. The summed E-state index contributed by atoms with van der Waals surface area (Å²) in [6.45, 7) is 0.608. The van der Waals surface area contributed by atoms with Gasteiger partial charge in [0.1, 0.15) is 5.52 Å². The first-order valence-corrected chi connectivity index (χ1v) is 7.44. The summed E-state index contributed by atoms with van der Waals surface area (Å²) >= 11 is 5.94. The number of oxazole rings is 1. The predicted octanol–water partition coefficient (Wildman–Crippen LogP) is 1.73. The van der Waals surface area contributed by atoms with Crippen LogP contribution in [0.2, 0.25) is 5.02 Å². The van der Waals surface area contributed by atoms with Crippen molar-refractivity contribution >= 4 is 28.6 Å². The van der Waals surface area contributed by atoms with E-state index < -0.39 is 0 Å². The van der Waals surface area contributed by atoms with Gasteiger partial charge in [0.15, 0.2) is 5.58 Å². The maximum atomic E-state index is 9.05. The Morgan fingerprint density at radius 3 is 2.43 bits per heavy atom. The number of fused-ring (bicyclic) bond motifs is 1. The van der Waals surface area contributed by atoms with Crippen molar-refractivity contribution in [2.24, 2.45) is 0 Å². The average molecular weight is 335 g/mol. The summed E-state index contributed by atoms with van der Waals surface area (Å²) in [5.41, 5.74) is 1.93. The number of halogens is 1. The van der Waals surface area contributed by atoms with Gasteiger partial charge in [-0.1, -0.05) is 11.6 Å². The van der Waals surface area contributed by atoms with Crippen LogP contribution in [0.5, 0.6) is 0 Å². The van der Waals surface area contributed by atoms with Crippen molar-refractivity contribution in [3.8, 4) is 11.5 Å². The number of anilines is 1. The summed E-state index contributed by atoms with van der Waals surface area (Å²) in [7, 11) is 0. The van der Waals surface area contributed by atoms with Crippen LogP contribution in [0.4, 0.5) is 5.95 Å². The lowest BCUT2D eigenvalue weighted by molar-refractivity contribution is 0.280. The van der Waals surface area contributed by atoms with Crippen molar-refractivity contribution in [3.63, 3.8) is 0 Å². The largest absolute Gasteiger partial charge is 0.436 e. The molecule has 0 fully saturated rings. The van der Waals surface area contributed by atoms with Gasteiger partial charge in [-0.3, -0.25) is 0 Å². The maximum Gasteiger partial charge on any atom is 0.230 e. The van der Waals surface area contributed by atoms with Crippen LogP contribution < -0.4 is 4.90 Å². The van der Waals surface area contributed by atoms with E-state index in [1.807, 2.05) is 0 Å². The van der Waals surface area contributed by atoms with E-state index in [9.17, 15) is 0 Å². The van der Waals surface area contributed by atoms with E-state index >= 15 is 0 Å². The highest BCUT2D eigenvalue weighted by atomic mass is 35.5. The molecule has 0 saturated heterocycles. The van der Waals surface area contributed by atoms with Crippen LogP contribution in [0.1, 0.15) is 0 Å². The summed E-state index contributed by atoms with van der Waals surface area (Å²) in [5, 5.41) is 18.7. The Labute approximate surface area is 137 Å². The molecule has 2 aromatic heterocycles. The molecular weight excluding hydrogens is 320 g/mol. The van der Waals surface area contributed by atoms with Crippen molar-refractivity contribution in [1.29, 1.82) is 0 Å². The Morgan fingerprint density at radius 2 is 1.78 bits per heavy atom. The van der Waals surface area contributed by atoms with Gasteiger partial charge < -0.3 is 19.5 Å². The van der Waals surface area contributed by atoms with Crippen molar-refractivity contribution in [1.82, 2.24) is 15.0 Å². The Balaban J connectivity index is 1.88. The number of hydrogen-bond donors (Lipinski definition) is 2. The third-order valence-corrected chi connectivity index (χ3v) is 3.49. The van der Waals surface area contributed by atoms with E-state index in [2.05, 4.69) is 15.0 Å². The van der Waals surface area contributed by atoms with Crippen LogP contribution in [0, 0.1) is 0 Å². The first kappa shape index (κ1) is 15.7. The van der Waals surface area contributed by atoms with E-state index in [1.54, 1.807) is 35.5 Å². The topological polar surface area (TPSA) is 95.5 Å². The van der Waals surface area contributed by atoms with E-state index in [0.29, 0.717) is 46.6 Å². The molecule has 2 N–H and O–H groups in total. The average Bonchev–Trinajstić information content (AvgIpc) is 2.98. The van der Waals surface area contributed by atoms with Gasteiger partial charge in [0.2, 0.25) is 11.8 Å². The van der Waals surface area contributed by atoms with Gasteiger partial charge in [0, 0.05) is 30.5 Å². The van der Waals surface area contributed by atoms with Crippen molar-refractivity contribution in [2.75, 3.05) is 31.2 Å². The monoisotopic (exact) mass is 334 g/mol. The number of aliphatic hydroxyl groups excluding tert-OH is 2. The molecule has 1 aromatic carbocycles. The first-order chi connectivity index (χ1) is 11.2. The van der Waals surface area contributed by atoms with Crippen molar-refractivity contribution in [3.05, 3.63) is 35.6 Å². The third-order valence-electron chi connectivity index (χ3n) is 3.26. The van der Waals surface area contributed by atoms with Gasteiger partial charge in [-0.05, 0) is 18.2 Å². The Kier molecular flexibility index (Phi) is 4.71. The first-order valence-electron chi connectivity index (χ1n) is 7.06. The Bertz CT molecular complexity index is 785. The molecule has 0 aliphatic carbocycles. The zero-order valence-electron chi connectivity index (χ0n) is 12.2. The molecule has 8 heteroatoms. The minimum absolute atomic E-state index is 0.0446. The zero-order valence-corrected chi connectivity index (χ0v) is 12.9. The fourth-order valence-corrected chi connectivity index (χ4v) is 2.34. The lowest BCUT2D eigenvalue weighted by Gasteiger charge is -2.20. The molecule has 0 amide bonds. The number of aromatic nitrogens is 3. The number of hydrogen-bond acceptors (Lipinski definition) is 7. The van der Waals surface area contributed by atoms with Crippen LogP contribution in [-0.2, 0) is 0 Å². The SMILES string of the molecule is OCCN(CCO)c1ncc(-c2nc3cc(Cl)ccc3o2)cn1. The number of rotatable bonds is 6. The van der Waals surface area contributed by atoms with E-state index in [4.69, 9.17) is 26.2 Å². The second-order valence-corrected chi connectivity index (χ2v) is 5.27.